The fourth-order valence-corrected chi connectivity index (χ4v) is 3.79. The molecular weight excluding hydrogens is 372 g/mol. The van der Waals surface area contributed by atoms with Gasteiger partial charge in [0.25, 0.3) is 0 Å². The van der Waals surface area contributed by atoms with Crippen molar-refractivity contribution in [2.75, 3.05) is 33.4 Å². The third-order valence-corrected chi connectivity index (χ3v) is 5.31. The zero-order valence-electron chi connectivity index (χ0n) is 17.5. The molecule has 2 atom stereocenters. The zero-order chi connectivity index (χ0) is 21.0. The van der Waals surface area contributed by atoms with Crippen LogP contribution in [-0.4, -0.2) is 71.6 Å². The van der Waals surface area contributed by atoms with Crippen molar-refractivity contribution < 1.29 is 19.4 Å². The molecule has 1 aliphatic heterocycles. The normalized spacial score (nSPS) is 19.1. The minimum atomic E-state index is -1.02. The fourth-order valence-electron chi connectivity index (χ4n) is 3.79. The van der Waals surface area contributed by atoms with E-state index in [9.17, 15) is 9.90 Å². The number of carboxylic acid groups (broad SMARTS) is 1. The van der Waals surface area contributed by atoms with E-state index in [0.717, 1.165) is 36.1 Å². The molecule has 2 aromatic rings. The van der Waals surface area contributed by atoms with E-state index in [1.54, 1.807) is 13.3 Å². The Morgan fingerprint density at radius 2 is 2.21 bits per heavy atom. The smallest absolute Gasteiger partial charge is 0.404 e. The average Bonchev–Trinajstić information content (AvgIpc) is 2.69. The highest BCUT2D eigenvalue weighted by Crippen LogP contribution is 2.26. The van der Waals surface area contributed by atoms with Crippen molar-refractivity contribution in [3.05, 3.63) is 30.0 Å². The number of ether oxygens (including phenoxy) is 2. The van der Waals surface area contributed by atoms with Crippen LogP contribution in [0.3, 0.4) is 0 Å². The average molecular weight is 402 g/mol. The first-order valence-corrected chi connectivity index (χ1v) is 9.90. The van der Waals surface area contributed by atoms with Gasteiger partial charge in [-0.1, -0.05) is 20.8 Å². The van der Waals surface area contributed by atoms with Crippen LogP contribution in [0.4, 0.5) is 4.79 Å². The first kappa shape index (κ1) is 21.3. The highest BCUT2D eigenvalue weighted by molar-refractivity contribution is 5.78. The van der Waals surface area contributed by atoms with Crippen LogP contribution in [0, 0.1) is 5.41 Å². The van der Waals surface area contributed by atoms with E-state index < -0.39 is 6.09 Å². The van der Waals surface area contributed by atoms with E-state index in [2.05, 4.69) is 20.2 Å². The lowest BCUT2D eigenvalue weighted by atomic mass is 9.82. The molecule has 1 saturated heterocycles. The maximum atomic E-state index is 11.3. The van der Waals surface area contributed by atoms with Crippen molar-refractivity contribution in [1.82, 2.24) is 20.2 Å². The number of pyridine rings is 2. The molecule has 0 spiro atoms. The molecule has 3 heterocycles. The van der Waals surface area contributed by atoms with Gasteiger partial charge in [-0.2, -0.15) is 0 Å². The van der Waals surface area contributed by atoms with Gasteiger partial charge in [0.1, 0.15) is 0 Å². The minimum Gasteiger partial charge on any atom is -0.481 e. The molecule has 3 rings (SSSR count). The Kier molecular flexibility index (Phi) is 6.54. The van der Waals surface area contributed by atoms with E-state index >= 15 is 0 Å². The van der Waals surface area contributed by atoms with Crippen LogP contribution in [0.15, 0.2) is 24.4 Å². The second-order valence-electron chi connectivity index (χ2n) is 8.44. The number of nitrogens with one attached hydrogen (secondary N) is 1. The maximum absolute atomic E-state index is 11.3. The third kappa shape index (κ3) is 5.33. The molecule has 0 aromatic carbocycles. The summed E-state index contributed by atoms with van der Waals surface area (Å²) in [4.78, 5) is 22.5. The highest BCUT2D eigenvalue weighted by atomic mass is 16.5. The number of hydrogen-bond acceptors (Lipinski definition) is 6. The number of aromatic nitrogens is 2. The molecule has 0 radical (unpaired) electrons. The lowest BCUT2D eigenvalue weighted by Gasteiger charge is -2.42. The Hall–Kier alpha value is -2.45. The Morgan fingerprint density at radius 1 is 1.41 bits per heavy atom. The molecule has 158 valence electrons. The quantitative estimate of drug-likeness (QED) is 0.766. The zero-order valence-corrected chi connectivity index (χ0v) is 17.5. The highest BCUT2D eigenvalue weighted by Gasteiger charge is 2.37. The van der Waals surface area contributed by atoms with Gasteiger partial charge in [-0.15, -0.1) is 0 Å². The molecule has 0 bridgehead atoms. The Bertz CT molecular complexity index is 852. The van der Waals surface area contributed by atoms with Crippen LogP contribution in [0.1, 0.15) is 26.3 Å². The van der Waals surface area contributed by atoms with Gasteiger partial charge in [0, 0.05) is 31.9 Å². The lowest BCUT2D eigenvalue weighted by molar-refractivity contribution is -0.0634. The largest absolute Gasteiger partial charge is 0.481 e. The topological polar surface area (TPSA) is 96.8 Å². The van der Waals surface area contributed by atoms with Crippen LogP contribution in [0.25, 0.3) is 11.0 Å². The number of rotatable bonds is 6. The summed E-state index contributed by atoms with van der Waals surface area (Å²) >= 11 is 0. The predicted molar refractivity (Wildman–Crippen MR) is 110 cm³/mol. The molecule has 2 N–H and O–H groups in total. The number of carbonyl (C=O) groups is 1. The van der Waals surface area contributed by atoms with Crippen LogP contribution in [-0.2, 0) is 11.2 Å². The standard InChI is InChI=1S/C21H30N4O4/c1-21(2,3)19(24-20(26)27)16-13-25(11-12-29-16)10-8-14-7-9-22-15-5-6-17(28-4)23-18(14)15/h5-7,9,16,19,24H,8,10-13H2,1-4H3,(H,26,27). The van der Waals surface area contributed by atoms with E-state index in [-0.39, 0.29) is 17.6 Å². The number of fused-ring (bicyclic) bond motifs is 1. The summed E-state index contributed by atoms with van der Waals surface area (Å²) in [6.45, 7) is 9.00. The minimum absolute atomic E-state index is 0.188. The summed E-state index contributed by atoms with van der Waals surface area (Å²) in [5, 5.41) is 11.9. The second kappa shape index (κ2) is 8.92. The van der Waals surface area contributed by atoms with Gasteiger partial charge in [0.05, 0.1) is 36.9 Å². The summed E-state index contributed by atoms with van der Waals surface area (Å²) in [6.07, 6.45) is 1.42. The summed E-state index contributed by atoms with van der Waals surface area (Å²) in [6, 6.07) is 5.45. The fraction of sp³-hybridized carbons (Fsp3) is 0.571. The maximum Gasteiger partial charge on any atom is 0.404 e. The van der Waals surface area contributed by atoms with Gasteiger partial charge in [0.2, 0.25) is 5.88 Å². The number of morpholine rings is 1. The summed E-state index contributed by atoms with van der Waals surface area (Å²) in [5.41, 5.74) is 2.58. The molecule has 8 heteroatoms. The van der Waals surface area contributed by atoms with Gasteiger partial charge in [0.15, 0.2) is 0 Å². The Balaban J connectivity index is 1.70. The second-order valence-corrected chi connectivity index (χ2v) is 8.44. The van der Waals surface area contributed by atoms with Gasteiger partial charge in [-0.25, -0.2) is 9.78 Å². The van der Waals surface area contributed by atoms with Crippen molar-refractivity contribution in [1.29, 1.82) is 0 Å². The molecule has 1 fully saturated rings. The molecule has 2 aromatic heterocycles. The van der Waals surface area contributed by atoms with E-state index in [1.165, 1.54) is 0 Å². The Labute approximate surface area is 171 Å². The summed E-state index contributed by atoms with van der Waals surface area (Å²) < 4.78 is 11.2. The van der Waals surface area contributed by atoms with Gasteiger partial charge in [-0.3, -0.25) is 9.88 Å². The van der Waals surface area contributed by atoms with E-state index in [0.29, 0.717) is 19.0 Å². The molecule has 2 unspecified atom stereocenters. The van der Waals surface area contributed by atoms with Gasteiger partial charge >= 0.3 is 6.09 Å². The monoisotopic (exact) mass is 402 g/mol. The predicted octanol–water partition coefficient (Wildman–Crippen LogP) is 2.56. The van der Waals surface area contributed by atoms with Crippen LogP contribution < -0.4 is 10.1 Å². The van der Waals surface area contributed by atoms with Crippen molar-refractivity contribution in [2.24, 2.45) is 5.41 Å². The van der Waals surface area contributed by atoms with Crippen molar-refractivity contribution in [2.45, 2.75) is 39.3 Å². The molecule has 1 amide bonds. The van der Waals surface area contributed by atoms with Crippen LogP contribution in [0.2, 0.25) is 0 Å². The van der Waals surface area contributed by atoms with Gasteiger partial charge in [-0.05, 0) is 29.5 Å². The number of methoxy groups -OCH3 is 1. The number of hydrogen-bond donors (Lipinski definition) is 2. The molecule has 0 saturated carbocycles. The molecule has 29 heavy (non-hydrogen) atoms. The summed E-state index contributed by atoms with van der Waals surface area (Å²) in [7, 11) is 1.61. The molecular formula is C21H30N4O4. The van der Waals surface area contributed by atoms with Crippen molar-refractivity contribution in [3.63, 3.8) is 0 Å². The number of amides is 1. The molecule has 0 aliphatic carbocycles. The van der Waals surface area contributed by atoms with Crippen molar-refractivity contribution in [3.8, 4) is 5.88 Å². The SMILES string of the molecule is COc1ccc2nccc(CCN3CCOC(C(NC(=O)O)C(C)(C)C)C3)c2n1. The van der Waals surface area contributed by atoms with Crippen LogP contribution in [0.5, 0.6) is 5.88 Å². The lowest BCUT2D eigenvalue weighted by Crippen LogP contribution is -2.58. The first-order valence-electron chi connectivity index (χ1n) is 9.90. The van der Waals surface area contributed by atoms with Crippen molar-refractivity contribution >= 4 is 17.1 Å². The first-order chi connectivity index (χ1) is 13.8. The van der Waals surface area contributed by atoms with Crippen LogP contribution >= 0.6 is 0 Å². The number of nitrogens with zero attached hydrogens (tertiary/aromatic N) is 3. The molecule has 8 nitrogen and oxygen atoms in total. The summed E-state index contributed by atoms with van der Waals surface area (Å²) in [5.74, 6) is 0.575. The van der Waals surface area contributed by atoms with E-state index in [1.807, 2.05) is 39.0 Å². The van der Waals surface area contributed by atoms with E-state index in [4.69, 9.17) is 9.47 Å². The molecule has 1 aliphatic rings. The van der Waals surface area contributed by atoms with Gasteiger partial charge < -0.3 is 19.9 Å². The Morgan fingerprint density at radius 3 is 2.90 bits per heavy atom. The third-order valence-electron chi connectivity index (χ3n) is 5.31.